The average Bonchev–Trinajstić information content (AvgIpc) is 2.81. The molecule has 8 heteroatoms. The molecule has 35 heavy (non-hydrogen) atoms. The van der Waals surface area contributed by atoms with Crippen molar-refractivity contribution in [2.45, 2.75) is 40.0 Å². The van der Waals surface area contributed by atoms with E-state index in [0.717, 1.165) is 17.4 Å². The summed E-state index contributed by atoms with van der Waals surface area (Å²) in [7, 11) is 0. The van der Waals surface area contributed by atoms with Crippen molar-refractivity contribution in [3.8, 4) is 11.5 Å². The Morgan fingerprint density at radius 2 is 1.20 bits per heavy atom. The van der Waals surface area contributed by atoms with Gasteiger partial charge in [-0.1, -0.05) is 32.0 Å². The molecule has 3 N–H and O–H groups in total. The minimum absolute atomic E-state index is 0.00463. The second kappa shape index (κ2) is 11.2. The van der Waals surface area contributed by atoms with Gasteiger partial charge in [-0.25, -0.2) is 14.4 Å². The summed E-state index contributed by atoms with van der Waals surface area (Å²) in [4.78, 5) is 33.4. The van der Waals surface area contributed by atoms with E-state index in [4.69, 9.17) is 19.7 Å². The maximum Gasteiger partial charge on any atom is 0.334 e. The zero-order valence-electron chi connectivity index (χ0n) is 20.2. The molecule has 2 aromatic rings. The molecule has 0 saturated carbocycles. The molecule has 0 bridgehead atoms. The molecule has 0 aliphatic rings. The topological polar surface area (TPSA) is 130 Å². The van der Waals surface area contributed by atoms with Crippen LogP contribution in [0.5, 0.6) is 11.5 Å². The van der Waals surface area contributed by atoms with Gasteiger partial charge in [0.15, 0.2) is 0 Å². The number of aliphatic carboxylic acids is 3. The van der Waals surface area contributed by atoms with Crippen molar-refractivity contribution in [3.63, 3.8) is 0 Å². The third-order valence-electron chi connectivity index (χ3n) is 5.43. The van der Waals surface area contributed by atoms with Crippen molar-refractivity contribution >= 4 is 24.0 Å². The van der Waals surface area contributed by atoms with Crippen LogP contribution in [0.25, 0.3) is 6.08 Å². The van der Waals surface area contributed by atoms with Gasteiger partial charge < -0.3 is 24.8 Å². The number of hydrogen-bond donors (Lipinski definition) is 3. The first-order valence-electron chi connectivity index (χ1n) is 10.6. The van der Waals surface area contributed by atoms with Crippen LogP contribution in [0, 0.1) is 0 Å². The van der Waals surface area contributed by atoms with Crippen LogP contribution >= 0.6 is 0 Å². The second-order valence-electron chi connectivity index (χ2n) is 8.48. The van der Waals surface area contributed by atoms with Crippen LogP contribution in [0.15, 0.2) is 71.7 Å². The van der Waals surface area contributed by atoms with Crippen molar-refractivity contribution in [1.29, 1.82) is 0 Å². The minimum Gasteiger partial charge on any atom is -0.478 e. The molecule has 0 radical (unpaired) electrons. The van der Waals surface area contributed by atoms with Gasteiger partial charge in [-0.05, 0) is 62.2 Å². The number of ether oxygens (including phenoxy) is 2. The number of carboxylic acids is 3. The van der Waals surface area contributed by atoms with Gasteiger partial charge in [0.2, 0.25) is 0 Å². The van der Waals surface area contributed by atoms with E-state index in [2.05, 4.69) is 0 Å². The normalized spacial score (nSPS) is 12.8. The van der Waals surface area contributed by atoms with E-state index in [1.165, 1.54) is 33.1 Å². The molecule has 0 spiro atoms. The van der Waals surface area contributed by atoms with E-state index in [1.54, 1.807) is 24.3 Å². The molecular weight excluding hydrogens is 452 g/mol. The predicted octanol–water partition coefficient (Wildman–Crippen LogP) is 5.23. The number of rotatable bonds is 10. The Bertz CT molecular complexity index is 1210. The third kappa shape index (κ3) is 7.07. The standard InChI is InChI=1S/C27H28O8/c1-16(24(28)29)12-19-13-21(8-11-23(19)35-15-18(3)26(32)33)27(4,5)20-6-9-22(10-7-20)34-14-17(2)25(30)31/h6-15H,1-5H3,(H,28,29)(H,30,31)(H,32,33). The Labute approximate surface area is 203 Å². The molecule has 0 atom stereocenters. The third-order valence-corrected chi connectivity index (χ3v) is 5.43. The smallest absolute Gasteiger partial charge is 0.334 e. The highest BCUT2D eigenvalue weighted by Gasteiger charge is 2.24. The maximum absolute atomic E-state index is 11.4. The zero-order valence-corrected chi connectivity index (χ0v) is 20.2. The molecule has 8 nitrogen and oxygen atoms in total. The van der Waals surface area contributed by atoms with Crippen LogP contribution < -0.4 is 9.47 Å². The SMILES string of the molecule is CC(=COc1ccc(C(C)(C)c2ccc(OC=C(C)C(=O)O)c(C=C(C)C(=O)O)c2)cc1)C(=O)O. The molecule has 0 aliphatic carbocycles. The van der Waals surface area contributed by atoms with E-state index < -0.39 is 23.3 Å². The Morgan fingerprint density at radius 3 is 1.71 bits per heavy atom. The number of benzene rings is 2. The van der Waals surface area contributed by atoms with Crippen LogP contribution in [0.2, 0.25) is 0 Å². The Morgan fingerprint density at radius 1 is 0.714 bits per heavy atom. The highest BCUT2D eigenvalue weighted by Crippen LogP contribution is 2.35. The largest absolute Gasteiger partial charge is 0.478 e. The molecular formula is C27H28O8. The first-order chi connectivity index (χ1) is 16.3. The molecule has 0 aliphatic heterocycles. The monoisotopic (exact) mass is 480 g/mol. The predicted molar refractivity (Wildman–Crippen MR) is 130 cm³/mol. The van der Waals surface area contributed by atoms with Crippen LogP contribution in [0.1, 0.15) is 51.3 Å². The lowest BCUT2D eigenvalue weighted by molar-refractivity contribution is -0.133. The quantitative estimate of drug-likeness (QED) is 0.311. The van der Waals surface area contributed by atoms with E-state index in [0.29, 0.717) is 17.1 Å². The number of hydrogen-bond acceptors (Lipinski definition) is 5. The molecule has 0 saturated heterocycles. The molecule has 0 aromatic heterocycles. The number of carboxylic acid groups (broad SMARTS) is 3. The average molecular weight is 481 g/mol. The molecule has 184 valence electrons. The number of carbonyl (C=O) groups is 3. The lowest BCUT2D eigenvalue weighted by Crippen LogP contribution is -2.19. The molecule has 0 heterocycles. The van der Waals surface area contributed by atoms with Gasteiger partial charge in [0, 0.05) is 16.6 Å². The van der Waals surface area contributed by atoms with E-state index in [9.17, 15) is 19.5 Å². The molecule has 2 rings (SSSR count). The summed E-state index contributed by atoms with van der Waals surface area (Å²) < 4.78 is 10.9. The van der Waals surface area contributed by atoms with Crippen LogP contribution in [-0.2, 0) is 19.8 Å². The summed E-state index contributed by atoms with van der Waals surface area (Å²) >= 11 is 0. The van der Waals surface area contributed by atoms with Gasteiger partial charge in [-0.15, -0.1) is 0 Å². The Kier molecular flexibility index (Phi) is 8.61. The maximum atomic E-state index is 11.4. The molecule has 0 amide bonds. The second-order valence-corrected chi connectivity index (χ2v) is 8.48. The summed E-state index contributed by atoms with van der Waals surface area (Å²) in [6, 6.07) is 12.5. The zero-order chi connectivity index (χ0) is 26.3. The highest BCUT2D eigenvalue weighted by molar-refractivity contribution is 5.92. The van der Waals surface area contributed by atoms with Gasteiger partial charge in [-0.2, -0.15) is 0 Å². The molecule has 2 aromatic carbocycles. The summed E-state index contributed by atoms with van der Waals surface area (Å²) in [6.07, 6.45) is 3.75. The summed E-state index contributed by atoms with van der Waals surface area (Å²) in [5.74, 6) is -2.47. The van der Waals surface area contributed by atoms with Crippen molar-refractivity contribution in [3.05, 3.63) is 88.4 Å². The van der Waals surface area contributed by atoms with Crippen molar-refractivity contribution < 1.29 is 39.2 Å². The first-order valence-corrected chi connectivity index (χ1v) is 10.6. The van der Waals surface area contributed by atoms with Gasteiger partial charge in [-0.3, -0.25) is 0 Å². The van der Waals surface area contributed by atoms with Crippen LogP contribution in [0.4, 0.5) is 0 Å². The summed E-state index contributed by atoms with van der Waals surface area (Å²) in [6.45, 7) is 8.29. The van der Waals surface area contributed by atoms with Crippen LogP contribution in [0.3, 0.4) is 0 Å². The Balaban J connectivity index is 2.44. The van der Waals surface area contributed by atoms with Crippen molar-refractivity contribution in [1.82, 2.24) is 0 Å². The molecule has 0 unspecified atom stereocenters. The fourth-order valence-corrected chi connectivity index (χ4v) is 2.98. The Hall–Kier alpha value is -4.33. The lowest BCUT2D eigenvalue weighted by atomic mass is 9.77. The first kappa shape index (κ1) is 26.9. The van der Waals surface area contributed by atoms with Gasteiger partial charge in [0.05, 0.1) is 11.1 Å². The summed E-state index contributed by atoms with van der Waals surface area (Å²) in [5, 5.41) is 27.3. The molecule has 0 fully saturated rings. The van der Waals surface area contributed by atoms with Gasteiger partial charge >= 0.3 is 17.9 Å². The van der Waals surface area contributed by atoms with E-state index in [-0.39, 0.29) is 16.7 Å². The highest BCUT2D eigenvalue weighted by atomic mass is 16.5. The van der Waals surface area contributed by atoms with E-state index >= 15 is 0 Å². The fourth-order valence-electron chi connectivity index (χ4n) is 2.98. The van der Waals surface area contributed by atoms with Crippen LogP contribution in [-0.4, -0.2) is 33.2 Å². The van der Waals surface area contributed by atoms with Crippen molar-refractivity contribution in [2.75, 3.05) is 0 Å². The minimum atomic E-state index is -1.12. The fraction of sp³-hybridized carbons (Fsp3) is 0.222. The van der Waals surface area contributed by atoms with Crippen molar-refractivity contribution in [2.24, 2.45) is 0 Å². The van der Waals surface area contributed by atoms with E-state index in [1.807, 2.05) is 32.0 Å². The van der Waals surface area contributed by atoms with Gasteiger partial charge in [0.1, 0.15) is 24.0 Å². The summed E-state index contributed by atoms with van der Waals surface area (Å²) in [5.41, 5.74) is 1.94. The van der Waals surface area contributed by atoms with Gasteiger partial charge in [0.25, 0.3) is 0 Å². The lowest BCUT2D eigenvalue weighted by Gasteiger charge is -2.27.